The van der Waals surface area contributed by atoms with Crippen LogP contribution in [0.1, 0.15) is 37.9 Å². The van der Waals surface area contributed by atoms with E-state index in [4.69, 9.17) is 10.3 Å². The number of nitrogens with zero attached hydrogens (tertiary/aromatic N) is 2. The molecule has 2 atom stereocenters. The molecule has 1 aromatic carbocycles. The molecule has 0 spiro atoms. The van der Waals surface area contributed by atoms with E-state index in [2.05, 4.69) is 39.1 Å². The van der Waals surface area contributed by atoms with E-state index in [0.717, 1.165) is 15.8 Å². The molecule has 20 heavy (non-hydrogen) atoms. The maximum absolute atomic E-state index is 5.93. The second-order valence-electron chi connectivity index (χ2n) is 4.64. The zero-order chi connectivity index (χ0) is 14.5. The first-order valence-electron chi connectivity index (χ1n) is 6.57. The van der Waals surface area contributed by atoms with E-state index in [0.29, 0.717) is 17.5 Å². The number of nitrogens with two attached hydrogens (primary N) is 1. The molecule has 0 aliphatic carbocycles. The van der Waals surface area contributed by atoms with Crippen molar-refractivity contribution in [3.63, 3.8) is 0 Å². The SMILES string of the molecule is CCC(c1nc(CSc2ccccc2Br)no1)C(C)N. The lowest BCUT2D eigenvalue weighted by Crippen LogP contribution is -2.24. The highest BCUT2D eigenvalue weighted by Crippen LogP contribution is 2.29. The molecule has 2 unspecified atom stereocenters. The minimum atomic E-state index is 0.0178. The van der Waals surface area contributed by atoms with Crippen LogP contribution in [0.25, 0.3) is 0 Å². The van der Waals surface area contributed by atoms with Gasteiger partial charge in [0.25, 0.3) is 0 Å². The van der Waals surface area contributed by atoms with Gasteiger partial charge in [-0.25, -0.2) is 0 Å². The lowest BCUT2D eigenvalue weighted by molar-refractivity contribution is 0.331. The van der Waals surface area contributed by atoms with E-state index >= 15 is 0 Å². The van der Waals surface area contributed by atoms with E-state index in [1.807, 2.05) is 25.1 Å². The zero-order valence-electron chi connectivity index (χ0n) is 11.5. The highest BCUT2D eigenvalue weighted by Gasteiger charge is 2.21. The number of halogens is 1. The molecular formula is C14H18BrN3OS. The Hall–Kier alpha value is -0.850. The molecule has 2 aromatic rings. The Balaban J connectivity index is 2.01. The summed E-state index contributed by atoms with van der Waals surface area (Å²) in [5.41, 5.74) is 5.93. The van der Waals surface area contributed by atoms with Crippen LogP contribution in [0.3, 0.4) is 0 Å². The van der Waals surface area contributed by atoms with Crippen molar-refractivity contribution in [2.45, 2.75) is 42.9 Å². The first kappa shape index (κ1) is 15.5. The van der Waals surface area contributed by atoms with Crippen molar-refractivity contribution in [1.82, 2.24) is 10.1 Å². The van der Waals surface area contributed by atoms with Crippen LogP contribution in [0.15, 0.2) is 38.2 Å². The maximum Gasteiger partial charge on any atom is 0.231 e. The molecule has 4 nitrogen and oxygen atoms in total. The maximum atomic E-state index is 5.93. The van der Waals surface area contributed by atoms with Gasteiger partial charge in [-0.1, -0.05) is 24.2 Å². The molecule has 0 aliphatic rings. The fraction of sp³-hybridized carbons (Fsp3) is 0.429. The third-order valence-corrected chi connectivity index (χ3v) is 5.09. The van der Waals surface area contributed by atoms with E-state index in [1.54, 1.807) is 11.8 Å². The normalized spacial score (nSPS) is 14.2. The predicted octanol–water partition coefficient (Wildman–Crippen LogP) is 3.97. The van der Waals surface area contributed by atoms with Gasteiger partial charge in [0.1, 0.15) is 0 Å². The molecule has 2 rings (SSSR count). The molecule has 0 saturated heterocycles. The summed E-state index contributed by atoms with van der Waals surface area (Å²) in [6.45, 7) is 4.04. The van der Waals surface area contributed by atoms with Crippen LogP contribution in [-0.4, -0.2) is 16.2 Å². The molecule has 1 aromatic heterocycles. The van der Waals surface area contributed by atoms with Crippen molar-refractivity contribution in [1.29, 1.82) is 0 Å². The van der Waals surface area contributed by atoms with E-state index in [-0.39, 0.29) is 12.0 Å². The van der Waals surface area contributed by atoms with Crippen molar-refractivity contribution < 1.29 is 4.52 Å². The Bertz CT molecular complexity index is 559. The van der Waals surface area contributed by atoms with E-state index in [1.165, 1.54) is 0 Å². The molecule has 0 fully saturated rings. The smallest absolute Gasteiger partial charge is 0.231 e. The molecule has 0 saturated carbocycles. The average molecular weight is 356 g/mol. The number of hydrogen-bond acceptors (Lipinski definition) is 5. The van der Waals surface area contributed by atoms with Crippen molar-refractivity contribution in [2.75, 3.05) is 0 Å². The van der Waals surface area contributed by atoms with Gasteiger partial charge in [-0.3, -0.25) is 0 Å². The summed E-state index contributed by atoms with van der Waals surface area (Å²) in [7, 11) is 0. The van der Waals surface area contributed by atoms with Crippen LogP contribution in [0.5, 0.6) is 0 Å². The highest BCUT2D eigenvalue weighted by atomic mass is 79.9. The topological polar surface area (TPSA) is 64.9 Å². The Labute approximate surface area is 131 Å². The second kappa shape index (κ2) is 7.24. The molecule has 2 N–H and O–H groups in total. The first-order chi connectivity index (χ1) is 9.61. The summed E-state index contributed by atoms with van der Waals surface area (Å²) in [5.74, 6) is 2.16. The molecular weight excluding hydrogens is 338 g/mol. The molecule has 1 heterocycles. The summed E-state index contributed by atoms with van der Waals surface area (Å²) < 4.78 is 6.41. The third kappa shape index (κ3) is 3.84. The summed E-state index contributed by atoms with van der Waals surface area (Å²) in [4.78, 5) is 5.62. The van der Waals surface area contributed by atoms with Gasteiger partial charge in [0.15, 0.2) is 5.82 Å². The largest absolute Gasteiger partial charge is 0.339 e. The van der Waals surface area contributed by atoms with Crippen LogP contribution in [0.4, 0.5) is 0 Å². The molecule has 0 amide bonds. The van der Waals surface area contributed by atoms with Crippen molar-refractivity contribution in [3.8, 4) is 0 Å². The van der Waals surface area contributed by atoms with Gasteiger partial charge in [-0.2, -0.15) is 4.98 Å². The number of benzene rings is 1. The Kier molecular flexibility index (Phi) is 5.63. The number of rotatable bonds is 6. The molecule has 6 heteroatoms. The Morgan fingerprint density at radius 2 is 2.15 bits per heavy atom. The number of hydrogen-bond donors (Lipinski definition) is 1. The van der Waals surface area contributed by atoms with Gasteiger partial charge in [-0.05, 0) is 41.4 Å². The first-order valence-corrected chi connectivity index (χ1v) is 8.35. The number of thioether (sulfide) groups is 1. The Morgan fingerprint density at radius 3 is 2.80 bits per heavy atom. The van der Waals surface area contributed by atoms with Crippen LogP contribution in [-0.2, 0) is 5.75 Å². The monoisotopic (exact) mass is 355 g/mol. The minimum Gasteiger partial charge on any atom is -0.339 e. The molecule has 0 radical (unpaired) electrons. The number of aromatic nitrogens is 2. The zero-order valence-corrected chi connectivity index (χ0v) is 13.9. The van der Waals surface area contributed by atoms with Crippen molar-refractivity contribution >= 4 is 27.7 Å². The van der Waals surface area contributed by atoms with Gasteiger partial charge in [-0.15, -0.1) is 11.8 Å². The van der Waals surface area contributed by atoms with Crippen LogP contribution >= 0.6 is 27.7 Å². The quantitative estimate of drug-likeness (QED) is 0.794. The van der Waals surface area contributed by atoms with Crippen LogP contribution in [0, 0.1) is 0 Å². The summed E-state index contributed by atoms with van der Waals surface area (Å²) >= 11 is 5.20. The van der Waals surface area contributed by atoms with Crippen molar-refractivity contribution in [2.24, 2.45) is 5.73 Å². The fourth-order valence-corrected chi connectivity index (χ4v) is 3.36. The van der Waals surface area contributed by atoms with Gasteiger partial charge >= 0.3 is 0 Å². The van der Waals surface area contributed by atoms with Gasteiger partial charge in [0, 0.05) is 15.4 Å². The van der Waals surface area contributed by atoms with E-state index in [9.17, 15) is 0 Å². The van der Waals surface area contributed by atoms with Gasteiger partial charge in [0.2, 0.25) is 5.89 Å². The molecule has 0 bridgehead atoms. The predicted molar refractivity (Wildman–Crippen MR) is 84.7 cm³/mol. The molecule has 0 aliphatic heterocycles. The van der Waals surface area contributed by atoms with Gasteiger partial charge in [0.05, 0.1) is 11.7 Å². The Morgan fingerprint density at radius 1 is 1.40 bits per heavy atom. The molecule has 108 valence electrons. The highest BCUT2D eigenvalue weighted by molar-refractivity contribution is 9.10. The van der Waals surface area contributed by atoms with Gasteiger partial charge < -0.3 is 10.3 Å². The average Bonchev–Trinajstić information content (AvgIpc) is 2.87. The summed E-state index contributed by atoms with van der Waals surface area (Å²) in [6.07, 6.45) is 0.899. The third-order valence-electron chi connectivity index (χ3n) is 3.07. The lowest BCUT2D eigenvalue weighted by Gasteiger charge is -2.13. The summed E-state index contributed by atoms with van der Waals surface area (Å²) in [6, 6.07) is 8.11. The van der Waals surface area contributed by atoms with Crippen LogP contribution < -0.4 is 5.73 Å². The second-order valence-corrected chi connectivity index (χ2v) is 6.51. The van der Waals surface area contributed by atoms with E-state index < -0.39 is 0 Å². The summed E-state index contributed by atoms with van der Waals surface area (Å²) in [5, 5.41) is 4.03. The standard InChI is InChI=1S/C14H18BrN3OS/c1-3-10(9(2)16)14-17-13(18-19-14)8-20-12-7-5-4-6-11(12)15/h4-7,9-10H,3,8,16H2,1-2H3. The van der Waals surface area contributed by atoms with Crippen LogP contribution in [0.2, 0.25) is 0 Å². The van der Waals surface area contributed by atoms with Crippen molar-refractivity contribution in [3.05, 3.63) is 40.5 Å². The minimum absolute atomic E-state index is 0.0178. The fourth-order valence-electron chi connectivity index (χ4n) is 1.95. The lowest BCUT2D eigenvalue weighted by atomic mass is 9.99.